The molecule has 2 saturated heterocycles. The molecule has 0 radical (unpaired) electrons. The van der Waals surface area contributed by atoms with E-state index in [2.05, 4.69) is 67.4 Å². The predicted molar refractivity (Wildman–Crippen MR) is 92.9 cm³/mol. The molecule has 1 unspecified atom stereocenters. The number of piperidine rings is 2. The molecule has 1 atom stereocenters. The fourth-order valence-corrected chi connectivity index (χ4v) is 4.76. The van der Waals surface area contributed by atoms with Crippen molar-refractivity contribution in [1.82, 2.24) is 4.90 Å². The second-order valence-corrected chi connectivity index (χ2v) is 7.06. The van der Waals surface area contributed by atoms with Gasteiger partial charge in [0.15, 0.2) is 0 Å². The first kappa shape index (κ1) is 14.0. The van der Waals surface area contributed by atoms with Gasteiger partial charge in [-0.15, -0.1) is 0 Å². The predicted octanol–water partition coefficient (Wildman–Crippen LogP) is 5.21. The van der Waals surface area contributed by atoms with E-state index in [1.165, 1.54) is 42.4 Å². The minimum absolute atomic E-state index is 0.621. The molecule has 2 aromatic rings. The van der Waals surface area contributed by atoms with Gasteiger partial charge >= 0.3 is 0 Å². The molecular weight excluding hydrogens is 266 g/mol. The van der Waals surface area contributed by atoms with E-state index in [0.717, 1.165) is 12.0 Å². The van der Waals surface area contributed by atoms with E-state index < -0.39 is 0 Å². The quantitative estimate of drug-likeness (QED) is 0.734. The fraction of sp³-hybridized carbons (Fsp3) is 0.429. The van der Waals surface area contributed by atoms with Crippen LogP contribution in [-0.2, 0) is 0 Å². The maximum absolute atomic E-state index is 2.66. The van der Waals surface area contributed by atoms with E-state index in [1.807, 2.05) is 0 Å². The Kier molecular flexibility index (Phi) is 3.54. The van der Waals surface area contributed by atoms with Crippen molar-refractivity contribution >= 4 is 0 Å². The molecule has 3 aliphatic rings. The molecule has 2 heterocycles. The molecule has 1 nitrogen and oxygen atoms in total. The molecule has 2 aliphatic heterocycles. The molecule has 0 spiro atoms. The van der Waals surface area contributed by atoms with Gasteiger partial charge in [-0.2, -0.15) is 0 Å². The SMILES string of the molecule is Cc1c(-c2ccccc2)cccc1C1C2CCC(CC2)N1C. The smallest absolute Gasteiger partial charge is 0.0379 e. The summed E-state index contributed by atoms with van der Waals surface area (Å²) in [5.74, 6) is 0.847. The number of nitrogens with zero attached hydrogens (tertiary/aromatic N) is 1. The van der Waals surface area contributed by atoms with Crippen molar-refractivity contribution in [2.45, 2.75) is 44.7 Å². The number of fused-ring (bicyclic) bond motifs is 3. The van der Waals surface area contributed by atoms with Crippen molar-refractivity contribution in [2.75, 3.05) is 7.05 Å². The van der Waals surface area contributed by atoms with Crippen LogP contribution in [0.25, 0.3) is 11.1 Å². The first-order valence-corrected chi connectivity index (χ1v) is 8.62. The molecule has 1 aliphatic carbocycles. The Bertz CT molecular complexity index is 651. The van der Waals surface area contributed by atoms with Crippen LogP contribution in [0.2, 0.25) is 0 Å². The van der Waals surface area contributed by atoms with E-state index in [4.69, 9.17) is 0 Å². The van der Waals surface area contributed by atoms with Crippen LogP contribution in [0, 0.1) is 12.8 Å². The maximum atomic E-state index is 2.66. The number of benzene rings is 2. The first-order valence-electron chi connectivity index (χ1n) is 8.62. The summed E-state index contributed by atoms with van der Waals surface area (Å²) in [6.07, 6.45) is 5.62. The summed E-state index contributed by atoms with van der Waals surface area (Å²) in [5, 5.41) is 0. The highest BCUT2D eigenvalue weighted by molar-refractivity contribution is 5.68. The van der Waals surface area contributed by atoms with Crippen LogP contribution in [0.15, 0.2) is 48.5 Å². The zero-order valence-corrected chi connectivity index (χ0v) is 13.6. The maximum Gasteiger partial charge on any atom is 0.0379 e. The monoisotopic (exact) mass is 291 g/mol. The number of hydrogen-bond donors (Lipinski definition) is 0. The van der Waals surface area contributed by atoms with E-state index in [1.54, 1.807) is 5.56 Å². The van der Waals surface area contributed by atoms with Gasteiger partial charge in [0.2, 0.25) is 0 Å². The van der Waals surface area contributed by atoms with Crippen molar-refractivity contribution in [3.8, 4) is 11.1 Å². The minimum Gasteiger partial charge on any atom is -0.296 e. The molecule has 5 rings (SSSR count). The molecular formula is C21H25N. The van der Waals surface area contributed by atoms with Crippen LogP contribution in [0.3, 0.4) is 0 Å². The molecule has 2 bridgehead atoms. The molecule has 2 aromatic carbocycles. The molecule has 114 valence electrons. The molecule has 0 aromatic heterocycles. The van der Waals surface area contributed by atoms with Gasteiger partial charge in [0.1, 0.15) is 0 Å². The van der Waals surface area contributed by atoms with Crippen molar-refractivity contribution in [3.05, 3.63) is 59.7 Å². The second kappa shape index (κ2) is 5.55. The van der Waals surface area contributed by atoms with Crippen molar-refractivity contribution in [3.63, 3.8) is 0 Å². The lowest BCUT2D eigenvalue weighted by atomic mass is 9.71. The Morgan fingerprint density at radius 1 is 0.864 bits per heavy atom. The number of hydrogen-bond acceptors (Lipinski definition) is 1. The van der Waals surface area contributed by atoms with Gasteiger partial charge in [0.25, 0.3) is 0 Å². The lowest BCUT2D eigenvalue weighted by molar-refractivity contribution is 0.00703. The second-order valence-electron chi connectivity index (χ2n) is 7.06. The zero-order valence-electron chi connectivity index (χ0n) is 13.6. The molecule has 0 N–H and O–H groups in total. The van der Waals surface area contributed by atoms with E-state index in [9.17, 15) is 0 Å². The Labute approximate surface area is 134 Å². The highest BCUT2D eigenvalue weighted by atomic mass is 15.2. The van der Waals surface area contributed by atoms with Gasteiger partial charge in [-0.05, 0) is 67.8 Å². The summed E-state index contributed by atoms with van der Waals surface area (Å²) in [4.78, 5) is 2.66. The summed E-state index contributed by atoms with van der Waals surface area (Å²) >= 11 is 0. The normalized spacial score (nSPS) is 28.0. The van der Waals surface area contributed by atoms with Crippen molar-refractivity contribution < 1.29 is 0 Å². The molecule has 22 heavy (non-hydrogen) atoms. The highest BCUT2D eigenvalue weighted by Gasteiger charge is 2.40. The van der Waals surface area contributed by atoms with Crippen molar-refractivity contribution in [1.29, 1.82) is 0 Å². The van der Waals surface area contributed by atoms with Crippen LogP contribution in [-0.4, -0.2) is 18.0 Å². The van der Waals surface area contributed by atoms with Gasteiger partial charge < -0.3 is 0 Å². The molecule has 0 amide bonds. The molecule has 1 heteroatoms. The standard InChI is InChI=1S/C21H25N/c1-15-19(16-7-4-3-5-8-16)9-6-10-20(15)21-17-11-13-18(14-12-17)22(21)2/h3-10,17-18,21H,11-14H2,1-2H3. The average Bonchev–Trinajstić information content (AvgIpc) is 2.58. The summed E-state index contributed by atoms with van der Waals surface area (Å²) in [7, 11) is 2.34. The van der Waals surface area contributed by atoms with Crippen LogP contribution < -0.4 is 0 Å². The third kappa shape index (κ3) is 2.19. The van der Waals surface area contributed by atoms with Gasteiger partial charge in [0.05, 0.1) is 0 Å². The van der Waals surface area contributed by atoms with Crippen LogP contribution >= 0.6 is 0 Å². The highest BCUT2D eigenvalue weighted by Crippen LogP contribution is 2.47. The largest absolute Gasteiger partial charge is 0.296 e. The van der Waals surface area contributed by atoms with Gasteiger partial charge in [0, 0.05) is 12.1 Å². The van der Waals surface area contributed by atoms with Gasteiger partial charge in [-0.25, -0.2) is 0 Å². The topological polar surface area (TPSA) is 3.24 Å². The van der Waals surface area contributed by atoms with E-state index in [0.29, 0.717) is 6.04 Å². The summed E-state index contributed by atoms with van der Waals surface area (Å²) in [6, 6.07) is 19.1. The van der Waals surface area contributed by atoms with Crippen LogP contribution in [0.4, 0.5) is 0 Å². The van der Waals surface area contributed by atoms with E-state index >= 15 is 0 Å². The van der Waals surface area contributed by atoms with E-state index in [-0.39, 0.29) is 0 Å². The molecule has 1 saturated carbocycles. The van der Waals surface area contributed by atoms with Gasteiger partial charge in [-0.1, -0.05) is 48.5 Å². The summed E-state index contributed by atoms with van der Waals surface area (Å²) < 4.78 is 0. The van der Waals surface area contributed by atoms with Crippen molar-refractivity contribution in [2.24, 2.45) is 5.92 Å². The lowest BCUT2D eigenvalue weighted by Crippen LogP contribution is -2.48. The Hall–Kier alpha value is -1.60. The average molecular weight is 291 g/mol. The van der Waals surface area contributed by atoms with Gasteiger partial charge in [-0.3, -0.25) is 4.90 Å². The third-order valence-electron chi connectivity index (χ3n) is 5.98. The Morgan fingerprint density at radius 2 is 1.59 bits per heavy atom. The lowest BCUT2D eigenvalue weighted by Gasteiger charge is -2.50. The van der Waals surface area contributed by atoms with Crippen LogP contribution in [0.5, 0.6) is 0 Å². The first-order chi connectivity index (χ1) is 10.8. The minimum atomic E-state index is 0.621. The Morgan fingerprint density at radius 3 is 2.27 bits per heavy atom. The van der Waals surface area contributed by atoms with Crippen LogP contribution in [0.1, 0.15) is 42.9 Å². The Balaban J connectivity index is 1.77. The number of rotatable bonds is 2. The third-order valence-corrected chi connectivity index (χ3v) is 5.98. The molecule has 3 fully saturated rings. The summed E-state index contributed by atoms with van der Waals surface area (Å²) in [6.45, 7) is 2.31. The fourth-order valence-electron chi connectivity index (χ4n) is 4.76. The summed E-state index contributed by atoms with van der Waals surface area (Å²) in [5.41, 5.74) is 5.76. The zero-order chi connectivity index (χ0) is 15.1.